The molecule has 0 bridgehead atoms. The van der Waals surface area contributed by atoms with Gasteiger partial charge in [-0.15, -0.1) is 0 Å². The van der Waals surface area contributed by atoms with Crippen molar-refractivity contribution in [3.05, 3.63) is 24.0 Å². The number of rotatable bonds is 3. The lowest BCUT2D eigenvalue weighted by molar-refractivity contribution is 0.366. The van der Waals surface area contributed by atoms with Gasteiger partial charge in [-0.1, -0.05) is 20.8 Å². The predicted molar refractivity (Wildman–Crippen MR) is 72.5 cm³/mol. The Morgan fingerprint density at radius 3 is 2.61 bits per heavy atom. The van der Waals surface area contributed by atoms with Crippen LogP contribution in [0.15, 0.2) is 18.2 Å². The zero-order valence-electron chi connectivity index (χ0n) is 11.6. The Balaban J connectivity index is 2.10. The standard InChI is InChI=1S/C15H22FNO/c1-10-8-15(2,3)9-13(10)17-11-5-6-12(16)14(7-11)18-4/h5-7,10,13,17H,8-9H2,1-4H3. The fourth-order valence-corrected chi connectivity index (χ4v) is 3.05. The molecule has 1 aromatic rings. The lowest BCUT2D eigenvalue weighted by atomic mass is 9.91. The van der Waals surface area contributed by atoms with E-state index in [0.717, 1.165) is 12.1 Å². The highest BCUT2D eigenvalue weighted by Gasteiger charge is 2.36. The number of nitrogens with one attached hydrogen (secondary N) is 1. The van der Waals surface area contributed by atoms with E-state index in [2.05, 4.69) is 26.1 Å². The van der Waals surface area contributed by atoms with Gasteiger partial charge in [0.05, 0.1) is 7.11 Å². The third kappa shape index (κ3) is 2.77. The zero-order chi connectivity index (χ0) is 13.3. The highest BCUT2D eigenvalue weighted by Crippen LogP contribution is 2.42. The van der Waals surface area contributed by atoms with E-state index in [0.29, 0.717) is 23.1 Å². The first-order valence-corrected chi connectivity index (χ1v) is 6.51. The van der Waals surface area contributed by atoms with Gasteiger partial charge in [0.2, 0.25) is 0 Å². The molecule has 3 heteroatoms. The highest BCUT2D eigenvalue weighted by molar-refractivity contribution is 5.49. The molecule has 0 aliphatic heterocycles. The summed E-state index contributed by atoms with van der Waals surface area (Å²) < 4.78 is 18.3. The van der Waals surface area contributed by atoms with E-state index in [9.17, 15) is 4.39 Å². The van der Waals surface area contributed by atoms with Crippen LogP contribution >= 0.6 is 0 Å². The Kier molecular flexibility index (Phi) is 3.51. The first kappa shape index (κ1) is 13.2. The van der Waals surface area contributed by atoms with Gasteiger partial charge < -0.3 is 10.1 Å². The number of halogens is 1. The van der Waals surface area contributed by atoms with Crippen LogP contribution in [0.25, 0.3) is 0 Å². The number of ether oxygens (including phenoxy) is 1. The second-order valence-electron chi connectivity index (χ2n) is 6.15. The number of methoxy groups -OCH3 is 1. The molecule has 1 aliphatic carbocycles. The molecule has 1 fully saturated rings. The molecule has 1 aliphatic rings. The molecule has 0 radical (unpaired) electrons. The van der Waals surface area contributed by atoms with Crippen LogP contribution in [-0.4, -0.2) is 13.2 Å². The summed E-state index contributed by atoms with van der Waals surface area (Å²) in [6.45, 7) is 6.88. The van der Waals surface area contributed by atoms with Crippen molar-refractivity contribution in [2.24, 2.45) is 11.3 Å². The Bertz CT molecular complexity index is 431. The van der Waals surface area contributed by atoms with E-state index >= 15 is 0 Å². The van der Waals surface area contributed by atoms with Crippen LogP contribution in [-0.2, 0) is 0 Å². The molecule has 1 saturated carbocycles. The molecular formula is C15H22FNO. The SMILES string of the molecule is COc1cc(NC2CC(C)(C)CC2C)ccc1F. The maximum absolute atomic E-state index is 13.3. The van der Waals surface area contributed by atoms with Gasteiger partial charge in [-0.05, 0) is 36.3 Å². The third-order valence-corrected chi connectivity index (χ3v) is 3.84. The summed E-state index contributed by atoms with van der Waals surface area (Å²) in [7, 11) is 1.49. The molecule has 0 aromatic heterocycles. The van der Waals surface area contributed by atoms with Crippen molar-refractivity contribution in [2.75, 3.05) is 12.4 Å². The Labute approximate surface area is 109 Å². The lowest BCUT2D eigenvalue weighted by Gasteiger charge is -2.20. The Morgan fingerprint density at radius 1 is 1.33 bits per heavy atom. The second-order valence-corrected chi connectivity index (χ2v) is 6.15. The van der Waals surface area contributed by atoms with Crippen LogP contribution in [0.5, 0.6) is 5.75 Å². The normalized spacial score (nSPS) is 26.1. The van der Waals surface area contributed by atoms with Gasteiger partial charge >= 0.3 is 0 Å². The molecule has 100 valence electrons. The van der Waals surface area contributed by atoms with Crippen molar-refractivity contribution in [1.82, 2.24) is 0 Å². The smallest absolute Gasteiger partial charge is 0.165 e. The molecule has 0 heterocycles. The average Bonchev–Trinajstić information content (AvgIpc) is 2.54. The van der Waals surface area contributed by atoms with Gasteiger partial charge in [0, 0.05) is 17.8 Å². The molecule has 1 aromatic carbocycles. The van der Waals surface area contributed by atoms with Gasteiger partial charge in [-0.2, -0.15) is 0 Å². The molecule has 0 spiro atoms. The van der Waals surface area contributed by atoms with E-state index in [4.69, 9.17) is 4.74 Å². The van der Waals surface area contributed by atoms with Crippen LogP contribution in [0.2, 0.25) is 0 Å². The lowest BCUT2D eigenvalue weighted by Crippen LogP contribution is -2.22. The van der Waals surface area contributed by atoms with Crippen molar-refractivity contribution in [1.29, 1.82) is 0 Å². The maximum Gasteiger partial charge on any atom is 0.165 e. The quantitative estimate of drug-likeness (QED) is 0.874. The van der Waals surface area contributed by atoms with Crippen molar-refractivity contribution in [2.45, 2.75) is 39.7 Å². The minimum absolute atomic E-state index is 0.296. The maximum atomic E-state index is 13.3. The largest absolute Gasteiger partial charge is 0.494 e. The number of hydrogen-bond donors (Lipinski definition) is 1. The van der Waals surface area contributed by atoms with Gasteiger partial charge in [-0.3, -0.25) is 0 Å². The summed E-state index contributed by atoms with van der Waals surface area (Å²) in [5.74, 6) is 0.615. The molecule has 0 saturated heterocycles. The predicted octanol–water partition coefficient (Wildman–Crippen LogP) is 4.07. The molecule has 1 N–H and O–H groups in total. The van der Waals surface area contributed by atoms with Crippen molar-refractivity contribution >= 4 is 5.69 Å². The molecule has 18 heavy (non-hydrogen) atoms. The van der Waals surface area contributed by atoms with Gasteiger partial charge in [0.25, 0.3) is 0 Å². The molecular weight excluding hydrogens is 229 g/mol. The first-order valence-electron chi connectivity index (χ1n) is 6.51. The third-order valence-electron chi connectivity index (χ3n) is 3.84. The molecule has 2 atom stereocenters. The summed E-state index contributed by atoms with van der Waals surface area (Å²) in [4.78, 5) is 0. The first-order chi connectivity index (χ1) is 8.41. The fourth-order valence-electron chi connectivity index (χ4n) is 3.05. The van der Waals surface area contributed by atoms with Crippen LogP contribution in [0.1, 0.15) is 33.6 Å². The average molecular weight is 251 g/mol. The van der Waals surface area contributed by atoms with Gasteiger partial charge in [0.1, 0.15) is 0 Å². The zero-order valence-corrected chi connectivity index (χ0v) is 11.6. The topological polar surface area (TPSA) is 21.3 Å². The van der Waals surface area contributed by atoms with Crippen LogP contribution in [0.4, 0.5) is 10.1 Å². The minimum atomic E-state index is -0.317. The molecule has 2 rings (SSSR count). The summed E-state index contributed by atoms with van der Waals surface area (Å²) >= 11 is 0. The van der Waals surface area contributed by atoms with Gasteiger partial charge in [0.15, 0.2) is 11.6 Å². The van der Waals surface area contributed by atoms with E-state index in [1.54, 1.807) is 12.1 Å². The van der Waals surface area contributed by atoms with E-state index < -0.39 is 0 Å². The number of hydrogen-bond acceptors (Lipinski definition) is 2. The summed E-state index contributed by atoms with van der Waals surface area (Å²) in [6.07, 6.45) is 2.37. The van der Waals surface area contributed by atoms with E-state index in [1.165, 1.54) is 19.6 Å². The Morgan fingerprint density at radius 2 is 2.06 bits per heavy atom. The minimum Gasteiger partial charge on any atom is -0.494 e. The van der Waals surface area contributed by atoms with Crippen molar-refractivity contribution in [3.8, 4) is 5.75 Å². The fraction of sp³-hybridized carbons (Fsp3) is 0.600. The second kappa shape index (κ2) is 4.79. The van der Waals surface area contributed by atoms with Crippen LogP contribution in [0.3, 0.4) is 0 Å². The Hall–Kier alpha value is -1.25. The summed E-state index contributed by atoms with van der Waals surface area (Å²) in [6, 6.07) is 5.41. The van der Waals surface area contributed by atoms with Crippen molar-refractivity contribution < 1.29 is 9.13 Å². The van der Waals surface area contributed by atoms with E-state index in [-0.39, 0.29) is 5.82 Å². The highest BCUT2D eigenvalue weighted by atomic mass is 19.1. The number of anilines is 1. The summed E-state index contributed by atoms with van der Waals surface area (Å²) in [5.41, 5.74) is 1.32. The molecule has 2 nitrogen and oxygen atoms in total. The summed E-state index contributed by atoms with van der Waals surface area (Å²) in [5, 5.41) is 3.50. The van der Waals surface area contributed by atoms with E-state index in [1.807, 2.05) is 0 Å². The monoisotopic (exact) mass is 251 g/mol. The van der Waals surface area contributed by atoms with Gasteiger partial charge in [-0.25, -0.2) is 4.39 Å². The van der Waals surface area contributed by atoms with Crippen LogP contribution in [0, 0.1) is 17.2 Å². The molecule has 2 unspecified atom stereocenters. The van der Waals surface area contributed by atoms with Crippen LogP contribution < -0.4 is 10.1 Å². The number of benzene rings is 1. The molecule has 0 amide bonds. The van der Waals surface area contributed by atoms with Crippen molar-refractivity contribution in [3.63, 3.8) is 0 Å².